The first-order chi connectivity index (χ1) is 28.8. The van der Waals surface area contributed by atoms with E-state index in [0.717, 1.165) is 57.8 Å². The van der Waals surface area contributed by atoms with E-state index in [9.17, 15) is 9.59 Å². The molecule has 0 bridgehead atoms. The number of hydrogen-bond acceptors (Lipinski definition) is 14. The normalized spacial score (nSPS) is 15.0. The number of nitrogens with two attached hydrogens (primary N) is 2. The number of carbonyl (C=O) groups is 2. The van der Waals surface area contributed by atoms with Gasteiger partial charge in [0.05, 0.1) is 0 Å². The molecule has 0 saturated carbocycles. The fourth-order valence-corrected chi connectivity index (χ4v) is 7.32. The van der Waals surface area contributed by atoms with E-state index < -0.39 is 0 Å². The zero-order chi connectivity index (χ0) is 41.3. The highest BCUT2D eigenvalue weighted by Crippen LogP contribution is 2.36. The minimum Gasteiger partial charge on any atom is -0.382 e. The summed E-state index contributed by atoms with van der Waals surface area (Å²) in [6, 6.07) is 24.2. The number of amides is 2. The molecule has 0 unspecified atom stereocenters. The molecule has 2 aromatic carbocycles. The van der Waals surface area contributed by atoms with Gasteiger partial charge >= 0.3 is 0 Å². The number of carbonyl (C=O) groups excluding carboxylic acids is 2. The van der Waals surface area contributed by atoms with Crippen LogP contribution in [0, 0.1) is 0 Å². The van der Waals surface area contributed by atoms with Gasteiger partial charge in [-0.3, -0.25) is 9.59 Å². The van der Waals surface area contributed by atoms with Gasteiger partial charge in [-0.15, -0.1) is 0 Å². The number of nitrogen functional groups attached to an aromatic ring is 2. The second-order valence-electron chi connectivity index (χ2n) is 14.0. The van der Waals surface area contributed by atoms with E-state index in [1.54, 1.807) is 30.9 Å². The van der Waals surface area contributed by atoms with Crippen LogP contribution in [-0.2, 0) is 10.8 Å². The van der Waals surface area contributed by atoms with Crippen LogP contribution in [0.2, 0.25) is 5.28 Å². The van der Waals surface area contributed by atoms with Crippen LogP contribution >= 0.6 is 11.6 Å². The Balaban J connectivity index is 0.000000196. The number of nitrogens with one attached hydrogen (secondary N) is 3. The van der Waals surface area contributed by atoms with Crippen LogP contribution in [0.3, 0.4) is 0 Å². The minimum atomic E-state index is -0.306. The minimum absolute atomic E-state index is 0. The number of benzene rings is 2. The fourth-order valence-electron chi connectivity index (χ4n) is 7.21. The van der Waals surface area contributed by atoms with Gasteiger partial charge in [0, 0.05) is 86.6 Å². The zero-order valence-electron chi connectivity index (χ0n) is 32.5. The summed E-state index contributed by atoms with van der Waals surface area (Å²) in [6.07, 6.45) is 16.3. The van der Waals surface area contributed by atoms with E-state index in [2.05, 4.69) is 85.0 Å². The number of piperidine rings is 2. The second-order valence-corrected chi connectivity index (χ2v) is 14.4. The summed E-state index contributed by atoms with van der Waals surface area (Å²) < 4.78 is 0. The van der Waals surface area contributed by atoms with Gasteiger partial charge in [-0.25, -0.2) is 39.9 Å². The van der Waals surface area contributed by atoms with Crippen molar-refractivity contribution in [1.82, 2.24) is 55.8 Å². The summed E-state index contributed by atoms with van der Waals surface area (Å²) >= 11 is 5.32. The third kappa shape index (κ3) is 11.7. The van der Waals surface area contributed by atoms with Gasteiger partial charge in [0.15, 0.2) is 23.0 Å². The summed E-state index contributed by atoms with van der Waals surface area (Å²) in [5.74, 6) is 0.452. The first-order valence-corrected chi connectivity index (χ1v) is 19.6. The zero-order valence-corrected chi connectivity index (χ0v) is 33.2. The molecule has 4 aromatic heterocycles. The van der Waals surface area contributed by atoms with E-state index in [-0.39, 0.29) is 53.1 Å². The third-order valence-electron chi connectivity index (χ3n) is 10.5. The van der Waals surface area contributed by atoms with Crippen molar-refractivity contribution in [3.05, 3.63) is 150 Å². The third-order valence-corrected chi connectivity index (χ3v) is 10.7. The van der Waals surface area contributed by atoms with Gasteiger partial charge in [0.25, 0.3) is 11.8 Å². The van der Waals surface area contributed by atoms with Crippen LogP contribution in [-0.4, -0.2) is 91.0 Å². The van der Waals surface area contributed by atoms with Gasteiger partial charge in [0.2, 0.25) is 11.2 Å². The van der Waals surface area contributed by atoms with Gasteiger partial charge in [-0.05, 0) is 73.6 Å². The van der Waals surface area contributed by atoms with E-state index in [0.29, 0.717) is 18.4 Å². The molecular formula is C43H51ClN14O2. The van der Waals surface area contributed by atoms with E-state index >= 15 is 0 Å². The Morgan fingerprint density at radius 1 is 0.583 bits per heavy atom. The second kappa shape index (κ2) is 21.9. The summed E-state index contributed by atoms with van der Waals surface area (Å²) in [4.78, 5) is 59.1. The molecule has 6 aromatic rings. The predicted octanol–water partition coefficient (Wildman–Crippen LogP) is 4.69. The molecule has 2 amide bonds. The molecule has 0 aliphatic carbocycles. The van der Waals surface area contributed by atoms with Crippen LogP contribution in [0.4, 0.5) is 17.6 Å². The molecule has 2 aliphatic rings. The van der Waals surface area contributed by atoms with Crippen molar-refractivity contribution in [3.8, 4) is 0 Å². The van der Waals surface area contributed by atoms with Crippen LogP contribution in [0.5, 0.6) is 0 Å². The van der Waals surface area contributed by atoms with Crippen molar-refractivity contribution < 1.29 is 9.59 Å². The van der Waals surface area contributed by atoms with Crippen molar-refractivity contribution in [2.24, 2.45) is 0 Å². The molecule has 2 aliphatic heterocycles. The highest BCUT2D eigenvalue weighted by Gasteiger charge is 2.38. The summed E-state index contributed by atoms with van der Waals surface area (Å²) in [7, 11) is 0. The first-order valence-electron chi connectivity index (χ1n) is 19.2. The smallest absolute Gasteiger partial charge is 0.273 e. The van der Waals surface area contributed by atoms with Crippen molar-refractivity contribution in [2.45, 2.75) is 43.9 Å². The first kappa shape index (κ1) is 44.5. The molecule has 8 rings (SSSR count). The number of hydrogen-bond donors (Lipinski definition) is 5. The average molecular weight is 831 g/mol. The summed E-state index contributed by atoms with van der Waals surface area (Å²) in [5, 5.41) is 9.71. The van der Waals surface area contributed by atoms with Crippen molar-refractivity contribution in [3.63, 3.8) is 0 Å². The lowest BCUT2D eigenvalue weighted by Crippen LogP contribution is -2.49. The largest absolute Gasteiger partial charge is 0.382 e. The summed E-state index contributed by atoms with van der Waals surface area (Å²) in [6.45, 7) is 4.56. The molecule has 0 spiro atoms. The van der Waals surface area contributed by atoms with Gasteiger partial charge in [0.1, 0.15) is 0 Å². The van der Waals surface area contributed by atoms with Crippen LogP contribution in [0.1, 0.15) is 65.2 Å². The fraction of sp³-hybridized carbons (Fsp3) is 0.302. The lowest BCUT2D eigenvalue weighted by Gasteiger charge is -2.42. The number of aromatic nitrogens is 8. The van der Waals surface area contributed by atoms with E-state index in [4.69, 9.17) is 23.1 Å². The maximum absolute atomic E-state index is 12.6. The number of nitrogens with zero attached hydrogens (tertiary/aromatic N) is 9. The topological polar surface area (TPSA) is 229 Å². The highest BCUT2D eigenvalue weighted by atomic mass is 35.5. The van der Waals surface area contributed by atoms with Crippen molar-refractivity contribution >= 4 is 41.0 Å². The molecular weight excluding hydrogens is 780 g/mol. The molecule has 60 heavy (non-hydrogen) atoms. The molecule has 6 heterocycles. The van der Waals surface area contributed by atoms with Gasteiger partial charge in [-0.1, -0.05) is 68.1 Å². The van der Waals surface area contributed by atoms with Crippen molar-refractivity contribution in [2.75, 3.05) is 55.6 Å². The van der Waals surface area contributed by atoms with E-state index in [1.165, 1.54) is 35.9 Å². The lowest BCUT2D eigenvalue weighted by atomic mass is 9.72. The lowest BCUT2D eigenvalue weighted by molar-refractivity contribution is 0.0926. The maximum Gasteiger partial charge on any atom is 0.273 e. The molecule has 0 atom stereocenters. The van der Waals surface area contributed by atoms with Crippen molar-refractivity contribution in [1.29, 1.82) is 0 Å². The Labute approximate surface area is 355 Å². The Kier molecular flexibility index (Phi) is 16.2. The van der Waals surface area contributed by atoms with Crippen LogP contribution < -0.4 is 32.3 Å². The van der Waals surface area contributed by atoms with Crippen LogP contribution in [0.25, 0.3) is 0 Å². The molecule has 312 valence electrons. The van der Waals surface area contributed by atoms with Crippen LogP contribution in [0.15, 0.2) is 122 Å². The van der Waals surface area contributed by atoms with Gasteiger partial charge < -0.3 is 32.3 Å². The Morgan fingerprint density at radius 3 is 1.42 bits per heavy atom. The predicted molar refractivity (Wildman–Crippen MR) is 233 cm³/mol. The maximum atomic E-state index is 12.6. The van der Waals surface area contributed by atoms with E-state index in [1.807, 2.05) is 42.5 Å². The van der Waals surface area contributed by atoms with Gasteiger partial charge in [-0.2, -0.15) is 0 Å². The number of anilines is 3. The Morgan fingerprint density at radius 2 is 1.00 bits per heavy atom. The molecule has 16 nitrogen and oxygen atoms in total. The molecule has 7 N–H and O–H groups in total. The Bertz CT molecular complexity index is 2210. The molecule has 2 fully saturated rings. The molecule has 0 radical (unpaired) electrons. The molecule has 2 saturated heterocycles. The monoisotopic (exact) mass is 830 g/mol. The number of rotatable bonds is 9. The summed E-state index contributed by atoms with van der Waals surface area (Å²) in [5.41, 5.74) is 14.1. The quantitative estimate of drug-likeness (QED) is 0.125. The number of halogens is 1. The Hall–Kier alpha value is -6.65. The average Bonchev–Trinajstić information content (AvgIpc) is 3.30. The standard InChI is InChI=1S/C21H23N7O.C17H21N5O.C4H3ClN2.CH4/c22-18-17(23-11-12-24-18)19(29)27-15-21(16-5-2-1-3-6-16)7-13-28(14-8-21)20-25-9-4-10-26-20;18-15-14(20-10-11-21-15)16(23)22-12-17(6-8-19-9-7-17)13-4-2-1-3-5-13;5-4-6-2-1-3-7-4;/h1-6,9-12H,7-8,13-15H2,(H2,22,24)(H,27,29);1-5,10-11,19H,6-9,12H2,(H2,18,21)(H,22,23);1-3H;1H4. The highest BCUT2D eigenvalue weighted by molar-refractivity contribution is 6.28. The SMILES string of the molecule is C.Clc1ncccn1.Nc1nccnc1C(=O)NCC1(c2ccccc2)CCN(c2ncccn2)CC1.Nc1nccnc1C(=O)NCC1(c2ccccc2)CCNCC1. The molecule has 17 heteroatoms.